The van der Waals surface area contributed by atoms with E-state index >= 15 is 0 Å². The monoisotopic (exact) mass is 156 g/mol. The van der Waals surface area contributed by atoms with Crippen LogP contribution in [0.25, 0.3) is 0 Å². The Hall–Kier alpha value is -1.06. The van der Waals surface area contributed by atoms with Gasteiger partial charge in [-0.3, -0.25) is 9.59 Å². The predicted molar refractivity (Wildman–Crippen MR) is 39.8 cm³/mol. The van der Waals surface area contributed by atoms with E-state index in [2.05, 4.69) is 10.6 Å². The van der Waals surface area contributed by atoms with Gasteiger partial charge in [0.25, 0.3) is 0 Å². The molecule has 1 aliphatic rings. The molecule has 0 radical (unpaired) electrons. The summed E-state index contributed by atoms with van der Waals surface area (Å²) in [6.45, 7) is 3.69. The van der Waals surface area contributed by atoms with Crippen LogP contribution in [0.1, 0.15) is 20.3 Å². The van der Waals surface area contributed by atoms with E-state index in [0.29, 0.717) is 6.42 Å². The lowest BCUT2D eigenvalue weighted by molar-refractivity contribution is -0.137. The van der Waals surface area contributed by atoms with Crippen LogP contribution in [-0.2, 0) is 9.59 Å². The molecule has 0 aromatic rings. The van der Waals surface area contributed by atoms with Crippen LogP contribution in [0.2, 0.25) is 0 Å². The standard InChI is InChI=1S/C7H12N2O2/c1-3-7(2)6(11)8-4-5(10)9-7/h3-4H2,1-2H3,(H,8,11)(H,9,10)/t7-/m1/s1. The van der Waals surface area contributed by atoms with Crippen LogP contribution < -0.4 is 10.6 Å². The van der Waals surface area contributed by atoms with Crippen molar-refractivity contribution in [3.05, 3.63) is 0 Å². The van der Waals surface area contributed by atoms with E-state index in [0.717, 1.165) is 0 Å². The Kier molecular flexibility index (Phi) is 1.85. The molecular weight excluding hydrogens is 144 g/mol. The number of piperazine rings is 1. The number of nitrogens with one attached hydrogen (secondary N) is 2. The minimum absolute atomic E-state index is 0.0976. The van der Waals surface area contributed by atoms with Crippen LogP contribution in [-0.4, -0.2) is 23.9 Å². The summed E-state index contributed by atoms with van der Waals surface area (Å²) in [6.07, 6.45) is 0.616. The molecule has 1 fully saturated rings. The molecule has 0 bridgehead atoms. The van der Waals surface area contributed by atoms with E-state index in [9.17, 15) is 9.59 Å². The Labute approximate surface area is 65.3 Å². The first kappa shape index (κ1) is 8.04. The molecule has 11 heavy (non-hydrogen) atoms. The summed E-state index contributed by atoms with van der Waals surface area (Å²) in [6, 6.07) is 0. The van der Waals surface area contributed by atoms with Crippen LogP contribution in [0.3, 0.4) is 0 Å². The molecular formula is C7H12N2O2. The van der Waals surface area contributed by atoms with Gasteiger partial charge in [0, 0.05) is 0 Å². The van der Waals surface area contributed by atoms with Crippen LogP contribution in [0.4, 0.5) is 0 Å². The molecule has 62 valence electrons. The Bertz CT molecular complexity index is 203. The third-order valence-corrected chi connectivity index (χ3v) is 2.03. The highest BCUT2D eigenvalue weighted by molar-refractivity contribution is 5.97. The van der Waals surface area contributed by atoms with E-state index in [-0.39, 0.29) is 18.4 Å². The van der Waals surface area contributed by atoms with Gasteiger partial charge in [-0.05, 0) is 13.3 Å². The quantitative estimate of drug-likeness (QED) is 0.532. The van der Waals surface area contributed by atoms with Gasteiger partial charge in [0.15, 0.2) is 0 Å². The fourth-order valence-corrected chi connectivity index (χ4v) is 1.01. The molecule has 2 amide bonds. The van der Waals surface area contributed by atoms with Crippen molar-refractivity contribution in [2.45, 2.75) is 25.8 Å². The summed E-state index contributed by atoms with van der Waals surface area (Å²) in [4.78, 5) is 22.0. The van der Waals surface area contributed by atoms with Crippen molar-refractivity contribution in [3.63, 3.8) is 0 Å². The Balaban J connectivity index is 2.76. The van der Waals surface area contributed by atoms with E-state index < -0.39 is 5.54 Å². The minimum Gasteiger partial charge on any atom is -0.345 e. The molecule has 2 N–H and O–H groups in total. The minimum atomic E-state index is -0.699. The molecule has 4 heteroatoms. The average molecular weight is 156 g/mol. The highest BCUT2D eigenvalue weighted by Crippen LogP contribution is 2.10. The molecule has 1 heterocycles. The first-order valence-electron chi connectivity index (χ1n) is 3.68. The van der Waals surface area contributed by atoms with Crippen molar-refractivity contribution in [2.24, 2.45) is 0 Å². The van der Waals surface area contributed by atoms with Crippen LogP contribution in [0.5, 0.6) is 0 Å². The summed E-state index contributed by atoms with van der Waals surface area (Å²) in [5, 5.41) is 5.16. The maximum atomic E-state index is 11.2. The van der Waals surface area contributed by atoms with Gasteiger partial charge >= 0.3 is 0 Å². The Morgan fingerprint density at radius 3 is 2.64 bits per heavy atom. The van der Waals surface area contributed by atoms with Crippen molar-refractivity contribution >= 4 is 11.8 Å². The summed E-state index contributed by atoms with van der Waals surface area (Å²) in [7, 11) is 0. The fraction of sp³-hybridized carbons (Fsp3) is 0.714. The van der Waals surface area contributed by atoms with Crippen molar-refractivity contribution in [2.75, 3.05) is 6.54 Å². The molecule has 0 aliphatic carbocycles. The molecule has 1 rings (SSSR count). The maximum Gasteiger partial charge on any atom is 0.245 e. The third-order valence-electron chi connectivity index (χ3n) is 2.03. The van der Waals surface area contributed by atoms with Gasteiger partial charge in [0.2, 0.25) is 11.8 Å². The van der Waals surface area contributed by atoms with Gasteiger partial charge in [-0.15, -0.1) is 0 Å². The molecule has 0 unspecified atom stereocenters. The predicted octanol–water partition coefficient (Wildman–Crippen LogP) is -0.599. The Morgan fingerprint density at radius 1 is 1.55 bits per heavy atom. The third kappa shape index (κ3) is 1.34. The van der Waals surface area contributed by atoms with Crippen molar-refractivity contribution in [3.8, 4) is 0 Å². The second kappa shape index (κ2) is 2.53. The second-order valence-electron chi connectivity index (χ2n) is 2.92. The zero-order valence-corrected chi connectivity index (χ0v) is 6.73. The smallest absolute Gasteiger partial charge is 0.245 e. The summed E-state index contributed by atoms with van der Waals surface area (Å²) < 4.78 is 0. The summed E-state index contributed by atoms with van der Waals surface area (Å²) in [5.74, 6) is -0.214. The number of carbonyl (C=O) groups excluding carboxylic acids is 2. The molecule has 1 saturated heterocycles. The molecule has 1 atom stereocenters. The van der Waals surface area contributed by atoms with E-state index in [1.165, 1.54) is 0 Å². The van der Waals surface area contributed by atoms with Gasteiger partial charge in [-0.2, -0.15) is 0 Å². The van der Waals surface area contributed by atoms with Crippen molar-refractivity contribution < 1.29 is 9.59 Å². The van der Waals surface area contributed by atoms with Crippen molar-refractivity contribution in [1.29, 1.82) is 0 Å². The molecule has 0 aromatic heterocycles. The molecule has 0 aromatic carbocycles. The molecule has 0 spiro atoms. The van der Waals surface area contributed by atoms with Crippen LogP contribution in [0, 0.1) is 0 Å². The zero-order chi connectivity index (χ0) is 8.48. The molecule has 4 nitrogen and oxygen atoms in total. The lowest BCUT2D eigenvalue weighted by atomic mass is 9.96. The highest BCUT2D eigenvalue weighted by Gasteiger charge is 2.36. The van der Waals surface area contributed by atoms with Crippen LogP contribution in [0.15, 0.2) is 0 Å². The first-order chi connectivity index (χ1) is 5.08. The fourth-order valence-electron chi connectivity index (χ4n) is 1.01. The second-order valence-corrected chi connectivity index (χ2v) is 2.92. The maximum absolute atomic E-state index is 11.2. The first-order valence-corrected chi connectivity index (χ1v) is 3.68. The molecule has 0 saturated carbocycles. The van der Waals surface area contributed by atoms with Gasteiger partial charge in [-0.1, -0.05) is 6.92 Å². The molecule has 1 aliphatic heterocycles. The van der Waals surface area contributed by atoms with Gasteiger partial charge < -0.3 is 10.6 Å². The average Bonchev–Trinajstić information content (AvgIpc) is 1.98. The summed E-state index contributed by atoms with van der Waals surface area (Å²) >= 11 is 0. The lowest BCUT2D eigenvalue weighted by Crippen LogP contribution is -2.63. The number of rotatable bonds is 1. The van der Waals surface area contributed by atoms with E-state index in [1.54, 1.807) is 6.92 Å². The lowest BCUT2D eigenvalue weighted by Gasteiger charge is -2.32. The number of hydrogen-bond acceptors (Lipinski definition) is 2. The number of amides is 2. The van der Waals surface area contributed by atoms with Gasteiger partial charge in [-0.25, -0.2) is 0 Å². The van der Waals surface area contributed by atoms with E-state index in [1.807, 2.05) is 6.92 Å². The number of carbonyl (C=O) groups is 2. The van der Waals surface area contributed by atoms with E-state index in [4.69, 9.17) is 0 Å². The SMILES string of the molecule is CC[C@@]1(C)NC(=O)CNC1=O. The van der Waals surface area contributed by atoms with Crippen LogP contribution >= 0.6 is 0 Å². The highest BCUT2D eigenvalue weighted by atomic mass is 16.2. The number of hydrogen-bond donors (Lipinski definition) is 2. The zero-order valence-electron chi connectivity index (χ0n) is 6.73. The topological polar surface area (TPSA) is 58.2 Å². The Morgan fingerprint density at radius 2 is 2.18 bits per heavy atom. The van der Waals surface area contributed by atoms with Gasteiger partial charge in [0.05, 0.1) is 6.54 Å². The largest absolute Gasteiger partial charge is 0.345 e. The van der Waals surface area contributed by atoms with Crippen molar-refractivity contribution in [1.82, 2.24) is 10.6 Å². The normalized spacial score (nSPS) is 31.1. The van der Waals surface area contributed by atoms with Gasteiger partial charge in [0.1, 0.15) is 5.54 Å². The summed E-state index contributed by atoms with van der Waals surface area (Å²) in [5.41, 5.74) is -0.699.